The summed E-state index contributed by atoms with van der Waals surface area (Å²) in [4.78, 5) is 0. The van der Waals surface area contributed by atoms with E-state index in [4.69, 9.17) is 15.9 Å². The van der Waals surface area contributed by atoms with E-state index in [0.29, 0.717) is 0 Å². The Morgan fingerprint density at radius 2 is 1.79 bits per heavy atom. The highest BCUT2D eigenvalue weighted by Gasteiger charge is 2.20. The van der Waals surface area contributed by atoms with Gasteiger partial charge in [0.2, 0.25) is 0 Å². The van der Waals surface area contributed by atoms with Crippen LogP contribution in [0.4, 0.5) is 8.78 Å². The number of nitrogens with two attached hydrogens (primary N) is 1. The van der Waals surface area contributed by atoms with Gasteiger partial charge in [0, 0.05) is 11.6 Å². The summed E-state index contributed by atoms with van der Waals surface area (Å²) in [6, 6.07) is 1.80. The first-order valence-corrected chi connectivity index (χ1v) is 3.58. The van der Waals surface area contributed by atoms with E-state index in [9.17, 15) is 8.78 Å². The van der Waals surface area contributed by atoms with Gasteiger partial charge in [0.15, 0.2) is 0 Å². The van der Waals surface area contributed by atoms with Crippen LogP contribution in [0.25, 0.3) is 0 Å². The highest BCUT2D eigenvalue weighted by molar-refractivity contribution is 5.85. The van der Waals surface area contributed by atoms with Gasteiger partial charge in [-0.05, 0) is 12.1 Å². The summed E-state index contributed by atoms with van der Waals surface area (Å²) in [5.41, 5.74) is 5.02. The van der Waals surface area contributed by atoms with Gasteiger partial charge in [0.05, 0.1) is 6.04 Å². The number of hydrogen-bond acceptors (Lipinski definition) is 3. The third-order valence-corrected chi connectivity index (χ3v) is 1.64. The Hall–Kier alpha value is -1.07. The molecule has 0 aliphatic carbocycles. The second-order valence-corrected chi connectivity index (χ2v) is 2.60. The minimum Gasteiger partial charge on any atom is -0.508 e. The van der Waals surface area contributed by atoms with Crippen LogP contribution in [0.2, 0.25) is 0 Å². The zero-order chi connectivity index (χ0) is 10.0. The normalized spacial score (nSPS) is 12.3. The maximum Gasteiger partial charge on any atom is 0.257 e. The fourth-order valence-electron chi connectivity index (χ4n) is 0.950. The van der Waals surface area contributed by atoms with E-state index in [1.165, 1.54) is 12.1 Å². The third kappa shape index (κ3) is 2.71. The van der Waals surface area contributed by atoms with E-state index in [0.717, 1.165) is 6.07 Å². The second kappa shape index (κ2) is 4.97. The van der Waals surface area contributed by atoms with E-state index < -0.39 is 18.2 Å². The van der Waals surface area contributed by atoms with Crippen LogP contribution in [-0.2, 0) is 0 Å². The number of benzene rings is 1. The van der Waals surface area contributed by atoms with E-state index in [2.05, 4.69) is 0 Å². The van der Waals surface area contributed by atoms with Crippen molar-refractivity contribution in [3.8, 4) is 11.5 Å². The zero-order valence-electron chi connectivity index (χ0n) is 7.02. The summed E-state index contributed by atoms with van der Waals surface area (Å²) in [5.74, 6) is -0.615. The zero-order valence-corrected chi connectivity index (χ0v) is 7.84. The predicted molar refractivity (Wildman–Crippen MR) is 50.0 cm³/mol. The Balaban J connectivity index is 0.00000169. The molecule has 0 bridgehead atoms. The third-order valence-electron chi connectivity index (χ3n) is 1.64. The first-order chi connectivity index (χ1) is 6.02. The van der Waals surface area contributed by atoms with E-state index in [-0.39, 0.29) is 23.7 Å². The monoisotopic (exact) mass is 225 g/mol. The number of aromatic hydroxyl groups is 2. The van der Waals surface area contributed by atoms with Crippen LogP contribution in [0.3, 0.4) is 0 Å². The van der Waals surface area contributed by atoms with Crippen LogP contribution < -0.4 is 5.73 Å². The lowest BCUT2D eigenvalue weighted by atomic mass is 10.1. The summed E-state index contributed by atoms with van der Waals surface area (Å²) in [7, 11) is 0. The molecular weight excluding hydrogens is 216 g/mol. The average molecular weight is 226 g/mol. The molecule has 1 rings (SSSR count). The van der Waals surface area contributed by atoms with Crippen LogP contribution in [-0.4, -0.2) is 16.6 Å². The molecule has 3 nitrogen and oxygen atoms in total. The fraction of sp³-hybridized carbons (Fsp3) is 0.250. The fourth-order valence-corrected chi connectivity index (χ4v) is 0.950. The molecule has 80 valence electrons. The highest BCUT2D eigenvalue weighted by atomic mass is 35.5. The van der Waals surface area contributed by atoms with Crippen LogP contribution >= 0.6 is 12.4 Å². The molecule has 1 atom stereocenters. The predicted octanol–water partition coefficient (Wildman–Crippen LogP) is 1.78. The largest absolute Gasteiger partial charge is 0.508 e. The molecular formula is C8H10ClF2NO2. The number of hydrogen-bond donors (Lipinski definition) is 3. The topological polar surface area (TPSA) is 66.5 Å². The number of alkyl halides is 2. The van der Waals surface area contributed by atoms with Crippen molar-refractivity contribution in [2.24, 2.45) is 5.73 Å². The lowest BCUT2D eigenvalue weighted by molar-refractivity contribution is 0.115. The van der Waals surface area contributed by atoms with Crippen LogP contribution in [0.1, 0.15) is 11.6 Å². The summed E-state index contributed by atoms with van der Waals surface area (Å²) in [6.45, 7) is 0. The maximum absolute atomic E-state index is 12.1. The Morgan fingerprint density at radius 1 is 1.21 bits per heavy atom. The first-order valence-electron chi connectivity index (χ1n) is 3.58. The minimum absolute atomic E-state index is 0. The van der Waals surface area contributed by atoms with Crippen molar-refractivity contribution in [1.29, 1.82) is 0 Å². The Bertz CT molecular complexity index is 309. The summed E-state index contributed by atoms with van der Waals surface area (Å²) < 4.78 is 24.2. The molecule has 0 radical (unpaired) electrons. The molecule has 0 saturated heterocycles. The molecule has 0 heterocycles. The van der Waals surface area contributed by atoms with Gasteiger partial charge >= 0.3 is 0 Å². The molecule has 0 aliphatic heterocycles. The number of halogens is 3. The summed E-state index contributed by atoms with van der Waals surface area (Å²) in [6.07, 6.45) is -2.74. The van der Waals surface area contributed by atoms with Gasteiger partial charge in [0.1, 0.15) is 11.5 Å². The summed E-state index contributed by atoms with van der Waals surface area (Å²) in [5, 5.41) is 18.0. The smallest absolute Gasteiger partial charge is 0.257 e. The van der Waals surface area contributed by atoms with Crippen molar-refractivity contribution in [2.45, 2.75) is 12.5 Å². The molecule has 0 spiro atoms. The standard InChI is InChI=1S/C8H9F2NO2.ClH/c9-8(10)7(11)5-2-1-4(12)3-6(5)13;/h1-3,7-8,12-13H,11H2;1H/t7-;/m1./s1. The van der Waals surface area contributed by atoms with Gasteiger partial charge in [0.25, 0.3) is 6.43 Å². The first kappa shape index (κ1) is 12.9. The van der Waals surface area contributed by atoms with Crippen molar-refractivity contribution in [2.75, 3.05) is 0 Å². The Morgan fingerprint density at radius 3 is 2.21 bits per heavy atom. The number of phenols is 2. The summed E-state index contributed by atoms with van der Waals surface area (Å²) >= 11 is 0. The van der Waals surface area contributed by atoms with E-state index in [1.54, 1.807) is 0 Å². The molecule has 4 N–H and O–H groups in total. The molecule has 0 aliphatic rings. The molecule has 0 amide bonds. The minimum atomic E-state index is -2.74. The van der Waals surface area contributed by atoms with Crippen molar-refractivity contribution < 1.29 is 19.0 Å². The van der Waals surface area contributed by atoms with E-state index >= 15 is 0 Å². The van der Waals surface area contributed by atoms with Crippen molar-refractivity contribution in [3.05, 3.63) is 23.8 Å². The second-order valence-electron chi connectivity index (χ2n) is 2.60. The van der Waals surface area contributed by atoms with Crippen LogP contribution in [0.15, 0.2) is 18.2 Å². The Labute approximate surface area is 85.6 Å². The number of rotatable bonds is 2. The highest BCUT2D eigenvalue weighted by Crippen LogP contribution is 2.29. The van der Waals surface area contributed by atoms with Crippen LogP contribution in [0.5, 0.6) is 11.5 Å². The average Bonchev–Trinajstić information content (AvgIpc) is 2.03. The SMILES string of the molecule is Cl.N[C@H](c1ccc(O)cc1O)C(F)F. The lowest BCUT2D eigenvalue weighted by Gasteiger charge is -2.12. The van der Waals surface area contributed by atoms with Gasteiger partial charge in [-0.25, -0.2) is 8.78 Å². The molecule has 0 unspecified atom stereocenters. The molecule has 0 saturated carbocycles. The van der Waals surface area contributed by atoms with Gasteiger partial charge in [-0.2, -0.15) is 0 Å². The van der Waals surface area contributed by atoms with Crippen molar-refractivity contribution >= 4 is 12.4 Å². The maximum atomic E-state index is 12.1. The van der Waals surface area contributed by atoms with Crippen molar-refractivity contribution in [1.82, 2.24) is 0 Å². The van der Waals surface area contributed by atoms with Crippen molar-refractivity contribution in [3.63, 3.8) is 0 Å². The molecule has 1 aromatic rings. The molecule has 14 heavy (non-hydrogen) atoms. The van der Waals surface area contributed by atoms with Crippen LogP contribution in [0, 0.1) is 0 Å². The molecule has 6 heteroatoms. The quantitative estimate of drug-likeness (QED) is 0.719. The lowest BCUT2D eigenvalue weighted by Crippen LogP contribution is -2.18. The van der Waals surface area contributed by atoms with Gasteiger partial charge in [-0.15, -0.1) is 12.4 Å². The van der Waals surface area contributed by atoms with Gasteiger partial charge in [-0.3, -0.25) is 0 Å². The van der Waals surface area contributed by atoms with E-state index in [1.807, 2.05) is 0 Å². The number of phenolic OH excluding ortho intramolecular Hbond substituents is 2. The molecule has 1 aromatic carbocycles. The van der Waals surface area contributed by atoms with Gasteiger partial charge < -0.3 is 15.9 Å². The Kier molecular flexibility index (Phi) is 4.59. The molecule has 0 aromatic heterocycles. The molecule has 0 fully saturated rings. The van der Waals surface area contributed by atoms with Gasteiger partial charge in [-0.1, -0.05) is 0 Å².